The van der Waals surface area contributed by atoms with Crippen LogP contribution in [0.3, 0.4) is 0 Å². The normalized spacial score (nSPS) is 28.4. The Kier molecular flexibility index (Phi) is 2.41. The highest BCUT2D eigenvalue weighted by molar-refractivity contribution is 9.10. The van der Waals surface area contributed by atoms with Crippen LogP contribution in [0.1, 0.15) is 19.8 Å². The molecule has 1 aliphatic heterocycles. The van der Waals surface area contributed by atoms with Gasteiger partial charge in [-0.2, -0.15) is 0 Å². The number of nitrogens with zero attached hydrogens (tertiary/aromatic N) is 1. The van der Waals surface area contributed by atoms with Crippen LogP contribution in [-0.4, -0.2) is 11.7 Å². The lowest BCUT2D eigenvalue weighted by Crippen LogP contribution is -2.50. The van der Waals surface area contributed by atoms with Crippen molar-refractivity contribution in [2.45, 2.75) is 25.4 Å². The summed E-state index contributed by atoms with van der Waals surface area (Å²) >= 11 is 3.39. The van der Waals surface area contributed by atoms with Gasteiger partial charge in [0.1, 0.15) is 5.66 Å². The number of hydrogen-bond donors (Lipinski definition) is 2. The van der Waals surface area contributed by atoms with Gasteiger partial charge in [-0.1, -0.05) is 15.9 Å². The van der Waals surface area contributed by atoms with E-state index in [1.54, 1.807) is 5.01 Å². The zero-order valence-corrected chi connectivity index (χ0v) is 11.1. The summed E-state index contributed by atoms with van der Waals surface area (Å²) in [4.78, 5) is 11.9. The predicted octanol–water partition coefficient (Wildman–Crippen LogP) is 2.61. The molecule has 1 saturated heterocycles. The van der Waals surface area contributed by atoms with Crippen molar-refractivity contribution < 1.29 is 4.79 Å². The molecule has 2 aliphatic rings. The molecule has 1 aromatic rings. The van der Waals surface area contributed by atoms with Crippen LogP contribution in [0.2, 0.25) is 0 Å². The van der Waals surface area contributed by atoms with Gasteiger partial charge in [0.2, 0.25) is 0 Å². The van der Waals surface area contributed by atoms with Crippen molar-refractivity contribution in [3.8, 4) is 0 Å². The molecule has 4 nitrogen and oxygen atoms in total. The lowest BCUT2D eigenvalue weighted by molar-refractivity contribution is 0.245. The number of nitrogens with one attached hydrogen (secondary N) is 2. The number of halogens is 1. The maximum atomic E-state index is 11.9. The number of hydrazine groups is 1. The van der Waals surface area contributed by atoms with Crippen molar-refractivity contribution in [3.05, 3.63) is 28.7 Å². The molecule has 0 radical (unpaired) electrons. The molecular formula is C12H14BrN3O. The fraction of sp³-hybridized carbons (Fsp3) is 0.417. The largest absolute Gasteiger partial charge is 0.338 e. The molecule has 90 valence electrons. The average Bonchev–Trinajstić information content (AvgIpc) is 3.08. The lowest BCUT2D eigenvalue weighted by Gasteiger charge is -2.24. The second-order valence-corrected chi connectivity index (χ2v) is 5.75. The molecule has 2 fully saturated rings. The van der Waals surface area contributed by atoms with Gasteiger partial charge < -0.3 is 5.32 Å². The van der Waals surface area contributed by atoms with Crippen LogP contribution in [0.15, 0.2) is 28.7 Å². The van der Waals surface area contributed by atoms with Crippen LogP contribution >= 0.6 is 15.9 Å². The van der Waals surface area contributed by atoms with Crippen molar-refractivity contribution in [2.24, 2.45) is 5.92 Å². The van der Waals surface area contributed by atoms with E-state index in [9.17, 15) is 4.79 Å². The number of carbonyl (C=O) groups excluding carboxylic acids is 1. The van der Waals surface area contributed by atoms with Crippen molar-refractivity contribution in [1.82, 2.24) is 10.7 Å². The van der Waals surface area contributed by atoms with E-state index in [0.29, 0.717) is 5.92 Å². The van der Waals surface area contributed by atoms with Crippen molar-refractivity contribution in [3.63, 3.8) is 0 Å². The number of anilines is 1. The minimum Gasteiger partial charge on any atom is -0.317 e. The van der Waals surface area contributed by atoms with Crippen LogP contribution in [0.25, 0.3) is 0 Å². The van der Waals surface area contributed by atoms with Crippen LogP contribution < -0.4 is 15.8 Å². The Morgan fingerprint density at radius 1 is 1.35 bits per heavy atom. The highest BCUT2D eigenvalue weighted by Gasteiger charge is 2.49. The highest BCUT2D eigenvalue weighted by Crippen LogP contribution is 2.40. The van der Waals surface area contributed by atoms with Gasteiger partial charge in [0.05, 0.1) is 5.69 Å². The summed E-state index contributed by atoms with van der Waals surface area (Å²) in [5.74, 6) is 0.548. The molecule has 1 aromatic carbocycles. The summed E-state index contributed by atoms with van der Waals surface area (Å²) in [7, 11) is 0. The monoisotopic (exact) mass is 295 g/mol. The number of urea groups is 1. The van der Waals surface area contributed by atoms with E-state index in [1.807, 2.05) is 31.2 Å². The smallest absolute Gasteiger partial charge is 0.317 e. The molecule has 17 heavy (non-hydrogen) atoms. The van der Waals surface area contributed by atoms with Gasteiger partial charge in [0.25, 0.3) is 0 Å². The standard InChI is InChI=1S/C12H14BrN3O/c1-12(8-2-3-8)14-11(17)16(15-12)10-6-4-9(13)5-7-10/h4-8,15H,2-3H2,1H3,(H,14,17)/t12-/m0/s1. The first-order valence-corrected chi connectivity index (χ1v) is 6.53. The molecule has 1 aliphatic carbocycles. The van der Waals surface area contributed by atoms with Gasteiger partial charge in [0, 0.05) is 4.47 Å². The van der Waals surface area contributed by atoms with Gasteiger partial charge >= 0.3 is 6.03 Å². The molecule has 5 heteroatoms. The molecule has 0 bridgehead atoms. The number of benzene rings is 1. The van der Waals surface area contributed by atoms with Gasteiger partial charge in [-0.15, -0.1) is 0 Å². The quantitative estimate of drug-likeness (QED) is 0.881. The second-order valence-electron chi connectivity index (χ2n) is 4.83. The van der Waals surface area contributed by atoms with E-state index < -0.39 is 0 Å². The summed E-state index contributed by atoms with van der Waals surface area (Å²) in [5, 5.41) is 4.61. The van der Waals surface area contributed by atoms with E-state index in [0.717, 1.165) is 10.2 Å². The maximum absolute atomic E-state index is 11.9. The molecule has 0 unspecified atom stereocenters. The number of rotatable bonds is 2. The van der Waals surface area contributed by atoms with Crippen LogP contribution in [0.4, 0.5) is 10.5 Å². The van der Waals surface area contributed by atoms with Crippen LogP contribution in [-0.2, 0) is 0 Å². The Balaban J connectivity index is 1.84. The fourth-order valence-electron chi connectivity index (χ4n) is 2.22. The van der Waals surface area contributed by atoms with Gasteiger partial charge in [-0.05, 0) is 49.9 Å². The third-order valence-corrected chi connectivity index (χ3v) is 3.92. The van der Waals surface area contributed by atoms with Crippen LogP contribution in [0, 0.1) is 5.92 Å². The van der Waals surface area contributed by atoms with Crippen molar-refractivity contribution >= 4 is 27.6 Å². The topological polar surface area (TPSA) is 44.4 Å². The average molecular weight is 296 g/mol. The summed E-state index contributed by atoms with van der Waals surface area (Å²) < 4.78 is 1.01. The Morgan fingerprint density at radius 3 is 2.59 bits per heavy atom. The molecule has 1 atom stereocenters. The Morgan fingerprint density at radius 2 is 2.00 bits per heavy atom. The number of hydrogen-bond acceptors (Lipinski definition) is 2. The first kappa shape index (κ1) is 11.0. The molecule has 1 heterocycles. The van der Waals surface area contributed by atoms with E-state index in [2.05, 4.69) is 26.7 Å². The van der Waals surface area contributed by atoms with E-state index in [4.69, 9.17) is 0 Å². The highest BCUT2D eigenvalue weighted by atomic mass is 79.9. The maximum Gasteiger partial charge on any atom is 0.338 e. The number of amides is 2. The van der Waals surface area contributed by atoms with Gasteiger partial charge in [-0.25, -0.2) is 15.2 Å². The summed E-state index contributed by atoms with van der Waals surface area (Å²) in [6.45, 7) is 2.04. The summed E-state index contributed by atoms with van der Waals surface area (Å²) in [6.07, 6.45) is 2.36. The lowest BCUT2D eigenvalue weighted by atomic mass is 10.1. The first-order chi connectivity index (χ1) is 8.08. The van der Waals surface area contributed by atoms with Crippen LogP contribution in [0.5, 0.6) is 0 Å². The minimum absolute atomic E-state index is 0.0817. The molecule has 0 spiro atoms. The number of carbonyl (C=O) groups is 1. The Hall–Kier alpha value is -1.07. The van der Waals surface area contributed by atoms with E-state index in [-0.39, 0.29) is 11.7 Å². The van der Waals surface area contributed by atoms with E-state index >= 15 is 0 Å². The fourth-order valence-corrected chi connectivity index (χ4v) is 2.48. The van der Waals surface area contributed by atoms with Gasteiger partial charge in [0.15, 0.2) is 0 Å². The SMILES string of the molecule is C[C@]1(C2CC2)NC(=O)N(c2ccc(Br)cc2)N1. The zero-order chi connectivity index (χ0) is 12.0. The third-order valence-electron chi connectivity index (χ3n) is 3.39. The molecule has 2 N–H and O–H groups in total. The van der Waals surface area contributed by atoms with Crippen molar-refractivity contribution in [2.75, 3.05) is 5.01 Å². The molecule has 2 amide bonds. The molecule has 1 saturated carbocycles. The first-order valence-electron chi connectivity index (χ1n) is 5.74. The van der Waals surface area contributed by atoms with Crippen molar-refractivity contribution in [1.29, 1.82) is 0 Å². The predicted molar refractivity (Wildman–Crippen MR) is 69.4 cm³/mol. The molecular weight excluding hydrogens is 282 g/mol. The van der Waals surface area contributed by atoms with Gasteiger partial charge in [-0.3, -0.25) is 0 Å². The molecule has 0 aromatic heterocycles. The minimum atomic E-state index is -0.288. The third kappa shape index (κ3) is 1.93. The summed E-state index contributed by atoms with van der Waals surface area (Å²) in [6, 6.07) is 7.60. The summed E-state index contributed by atoms with van der Waals surface area (Å²) in [5.41, 5.74) is 3.84. The Labute approximate surface area is 108 Å². The van der Waals surface area contributed by atoms with E-state index in [1.165, 1.54) is 12.8 Å². The Bertz CT molecular complexity index is 457. The molecule has 3 rings (SSSR count). The zero-order valence-electron chi connectivity index (χ0n) is 9.53. The second kappa shape index (κ2) is 3.71.